The fourth-order valence-corrected chi connectivity index (χ4v) is 2.02. The molecule has 0 aliphatic heterocycles. The lowest BCUT2D eigenvalue weighted by molar-refractivity contribution is 0.460. The second-order valence-corrected chi connectivity index (χ2v) is 5.65. The van der Waals surface area contributed by atoms with Crippen molar-refractivity contribution in [2.45, 2.75) is 52.6 Å². The molecule has 0 aromatic heterocycles. The minimum atomic E-state index is -0.139. The molecule has 0 aliphatic carbocycles. The molecule has 3 heteroatoms. The molecule has 19 heavy (non-hydrogen) atoms. The van der Waals surface area contributed by atoms with Gasteiger partial charge in [-0.05, 0) is 44.9 Å². The molecule has 1 aromatic rings. The van der Waals surface area contributed by atoms with Crippen molar-refractivity contribution in [2.24, 2.45) is 0 Å². The van der Waals surface area contributed by atoms with Crippen LogP contribution in [0.3, 0.4) is 0 Å². The maximum absolute atomic E-state index is 14.2. The van der Waals surface area contributed by atoms with Crippen molar-refractivity contribution in [2.75, 3.05) is 18.5 Å². The van der Waals surface area contributed by atoms with Gasteiger partial charge in [-0.1, -0.05) is 26.0 Å². The second kappa shape index (κ2) is 6.90. The number of halogens is 1. The van der Waals surface area contributed by atoms with Crippen LogP contribution in [0.1, 0.15) is 46.1 Å². The lowest BCUT2D eigenvalue weighted by Crippen LogP contribution is -2.41. The Morgan fingerprint density at radius 3 is 2.53 bits per heavy atom. The van der Waals surface area contributed by atoms with Crippen LogP contribution in [-0.4, -0.2) is 19.1 Å². The van der Waals surface area contributed by atoms with E-state index in [1.165, 1.54) is 0 Å². The molecule has 0 spiro atoms. The van der Waals surface area contributed by atoms with Crippen LogP contribution < -0.4 is 10.2 Å². The van der Waals surface area contributed by atoms with E-state index in [4.69, 9.17) is 0 Å². The van der Waals surface area contributed by atoms with E-state index in [1.807, 2.05) is 13.1 Å². The predicted molar refractivity (Wildman–Crippen MR) is 81.2 cm³/mol. The minimum absolute atomic E-state index is 0.0539. The van der Waals surface area contributed by atoms with Crippen molar-refractivity contribution in [3.8, 4) is 0 Å². The van der Waals surface area contributed by atoms with Crippen molar-refractivity contribution in [3.63, 3.8) is 0 Å². The first-order valence-electron chi connectivity index (χ1n) is 7.16. The Bertz CT molecular complexity index is 402. The van der Waals surface area contributed by atoms with E-state index in [0.717, 1.165) is 30.6 Å². The van der Waals surface area contributed by atoms with E-state index in [1.54, 1.807) is 12.1 Å². The summed E-state index contributed by atoms with van der Waals surface area (Å²) in [5.74, 6) is -0.139. The van der Waals surface area contributed by atoms with Gasteiger partial charge in [-0.15, -0.1) is 0 Å². The van der Waals surface area contributed by atoms with Crippen LogP contribution in [0.4, 0.5) is 10.1 Å². The fraction of sp³-hybridized carbons (Fsp3) is 0.625. The zero-order valence-electron chi connectivity index (χ0n) is 12.9. The summed E-state index contributed by atoms with van der Waals surface area (Å²) in [6.45, 7) is 10.2. The molecule has 108 valence electrons. The smallest absolute Gasteiger partial charge is 0.146 e. The Balaban J connectivity index is 3.03. The van der Waals surface area contributed by atoms with Gasteiger partial charge in [-0.2, -0.15) is 0 Å². The third kappa shape index (κ3) is 3.93. The van der Waals surface area contributed by atoms with E-state index in [0.29, 0.717) is 6.54 Å². The predicted octanol–water partition coefficient (Wildman–Crippen LogP) is 3.95. The highest BCUT2D eigenvalue weighted by atomic mass is 19.1. The van der Waals surface area contributed by atoms with E-state index in [9.17, 15) is 4.39 Å². The van der Waals surface area contributed by atoms with Crippen LogP contribution in [0.15, 0.2) is 18.2 Å². The number of nitrogens with zero attached hydrogens (tertiary/aromatic N) is 1. The SMILES string of the molecule is CCCNCc1cccc(F)c1N(C)C(C)(C)CC. The summed E-state index contributed by atoms with van der Waals surface area (Å²) in [5.41, 5.74) is 1.69. The standard InChI is InChI=1S/C16H27FN2/c1-6-11-18-12-13-9-8-10-14(17)15(13)19(5)16(3,4)7-2/h8-10,18H,6-7,11-12H2,1-5H3. The second-order valence-electron chi connectivity index (χ2n) is 5.65. The van der Waals surface area contributed by atoms with Crippen LogP contribution in [0, 0.1) is 5.82 Å². The number of anilines is 1. The molecule has 1 rings (SSSR count). The number of rotatable bonds is 7. The Kier molecular flexibility index (Phi) is 5.80. The average molecular weight is 266 g/mol. The maximum Gasteiger partial charge on any atom is 0.146 e. The van der Waals surface area contributed by atoms with Crippen LogP contribution in [0.25, 0.3) is 0 Å². The molecule has 0 heterocycles. The lowest BCUT2D eigenvalue weighted by Gasteiger charge is -2.38. The van der Waals surface area contributed by atoms with Gasteiger partial charge in [0, 0.05) is 19.1 Å². The number of benzene rings is 1. The van der Waals surface area contributed by atoms with Crippen LogP contribution in [0.5, 0.6) is 0 Å². The Hall–Kier alpha value is -1.09. The number of hydrogen-bond donors (Lipinski definition) is 1. The van der Waals surface area contributed by atoms with Gasteiger partial charge in [-0.3, -0.25) is 0 Å². The molecule has 0 saturated heterocycles. The quantitative estimate of drug-likeness (QED) is 0.752. The molecule has 0 atom stereocenters. The monoisotopic (exact) mass is 266 g/mol. The number of para-hydroxylation sites is 1. The van der Waals surface area contributed by atoms with Gasteiger partial charge in [0.05, 0.1) is 5.69 Å². The summed E-state index contributed by atoms with van der Waals surface area (Å²) in [6, 6.07) is 5.33. The average Bonchev–Trinajstić information content (AvgIpc) is 2.38. The zero-order valence-corrected chi connectivity index (χ0v) is 12.9. The van der Waals surface area contributed by atoms with Crippen LogP contribution in [0.2, 0.25) is 0 Å². The number of nitrogens with one attached hydrogen (secondary N) is 1. The van der Waals surface area contributed by atoms with Crippen LogP contribution >= 0.6 is 0 Å². The molecule has 0 radical (unpaired) electrons. The highest BCUT2D eigenvalue weighted by molar-refractivity contribution is 5.56. The lowest BCUT2D eigenvalue weighted by atomic mass is 9.97. The van der Waals surface area contributed by atoms with Crippen molar-refractivity contribution >= 4 is 5.69 Å². The molecule has 1 aromatic carbocycles. The molecule has 0 bridgehead atoms. The molecule has 0 amide bonds. The van der Waals surface area contributed by atoms with Crippen molar-refractivity contribution in [3.05, 3.63) is 29.6 Å². The first-order valence-corrected chi connectivity index (χ1v) is 7.16. The van der Waals surface area contributed by atoms with Gasteiger partial charge in [0.15, 0.2) is 0 Å². The highest BCUT2D eigenvalue weighted by Crippen LogP contribution is 2.30. The first kappa shape index (κ1) is 16.0. The van der Waals surface area contributed by atoms with Crippen molar-refractivity contribution < 1.29 is 4.39 Å². The van der Waals surface area contributed by atoms with Gasteiger partial charge < -0.3 is 10.2 Å². The van der Waals surface area contributed by atoms with Gasteiger partial charge in [-0.25, -0.2) is 4.39 Å². The molecule has 1 N–H and O–H groups in total. The molecule has 2 nitrogen and oxygen atoms in total. The normalized spacial score (nSPS) is 11.7. The molecular weight excluding hydrogens is 239 g/mol. The van der Waals surface area contributed by atoms with Gasteiger partial charge in [0.2, 0.25) is 0 Å². The summed E-state index contributed by atoms with van der Waals surface area (Å²) in [4.78, 5) is 2.06. The number of hydrogen-bond acceptors (Lipinski definition) is 2. The summed E-state index contributed by atoms with van der Waals surface area (Å²) in [7, 11) is 1.98. The zero-order chi connectivity index (χ0) is 14.5. The first-order chi connectivity index (χ1) is 8.94. The van der Waals surface area contributed by atoms with E-state index < -0.39 is 0 Å². The maximum atomic E-state index is 14.2. The van der Waals surface area contributed by atoms with Crippen molar-refractivity contribution in [1.29, 1.82) is 0 Å². The summed E-state index contributed by atoms with van der Waals surface area (Å²) >= 11 is 0. The van der Waals surface area contributed by atoms with Gasteiger partial charge in [0.1, 0.15) is 5.82 Å². The van der Waals surface area contributed by atoms with E-state index in [-0.39, 0.29) is 11.4 Å². The summed E-state index contributed by atoms with van der Waals surface area (Å²) < 4.78 is 14.2. The molecule has 0 fully saturated rings. The molecule has 0 saturated carbocycles. The third-order valence-electron chi connectivity index (χ3n) is 3.92. The molecule has 0 aliphatic rings. The molecule has 0 unspecified atom stereocenters. The topological polar surface area (TPSA) is 15.3 Å². The summed E-state index contributed by atoms with van der Waals surface area (Å²) in [6.07, 6.45) is 2.06. The Labute approximate surface area is 117 Å². The van der Waals surface area contributed by atoms with Gasteiger partial charge in [0.25, 0.3) is 0 Å². The summed E-state index contributed by atoms with van der Waals surface area (Å²) in [5, 5.41) is 3.35. The highest BCUT2D eigenvalue weighted by Gasteiger charge is 2.25. The Morgan fingerprint density at radius 2 is 1.95 bits per heavy atom. The fourth-order valence-electron chi connectivity index (χ4n) is 2.02. The largest absolute Gasteiger partial charge is 0.367 e. The van der Waals surface area contributed by atoms with Crippen molar-refractivity contribution in [1.82, 2.24) is 5.32 Å². The van der Waals surface area contributed by atoms with E-state index >= 15 is 0 Å². The van der Waals surface area contributed by atoms with Gasteiger partial charge >= 0.3 is 0 Å². The molecular formula is C16H27FN2. The Morgan fingerprint density at radius 1 is 1.26 bits per heavy atom. The van der Waals surface area contributed by atoms with Crippen LogP contribution in [-0.2, 0) is 6.54 Å². The third-order valence-corrected chi connectivity index (χ3v) is 3.92. The van der Waals surface area contributed by atoms with E-state index in [2.05, 4.69) is 37.9 Å². The minimum Gasteiger partial charge on any atom is -0.367 e.